The van der Waals surface area contributed by atoms with Crippen LogP contribution >= 0.6 is 0 Å². The molecule has 0 saturated heterocycles. The van der Waals surface area contributed by atoms with E-state index in [1.54, 1.807) is 30.3 Å². The molecule has 2 aromatic carbocycles. The second-order valence-corrected chi connectivity index (χ2v) is 7.08. The number of hydrogen-bond donors (Lipinski definition) is 2. The number of amides is 2. The number of hydrogen-bond acceptors (Lipinski definition) is 5. The number of carbonyl (C=O) groups is 3. The zero-order chi connectivity index (χ0) is 24.2. The summed E-state index contributed by atoms with van der Waals surface area (Å²) in [4.78, 5) is 36.8. The van der Waals surface area contributed by atoms with Crippen LogP contribution in [0.2, 0.25) is 0 Å². The van der Waals surface area contributed by atoms with E-state index in [0.29, 0.717) is 5.56 Å². The molecular weight excluding hydrogens is 441 g/mol. The maximum absolute atomic E-state index is 13.0. The second kappa shape index (κ2) is 9.55. The molecule has 0 radical (unpaired) electrons. The lowest BCUT2D eigenvalue weighted by atomic mass is 10.0. The number of aromatic nitrogens is 2. The quantitative estimate of drug-likeness (QED) is 0.501. The van der Waals surface area contributed by atoms with Crippen LogP contribution in [0.3, 0.4) is 0 Å². The molecule has 172 valence electrons. The summed E-state index contributed by atoms with van der Waals surface area (Å²) >= 11 is 0. The van der Waals surface area contributed by atoms with Gasteiger partial charge in [-0.2, -0.15) is 5.10 Å². The third-order valence-corrected chi connectivity index (χ3v) is 4.56. The summed E-state index contributed by atoms with van der Waals surface area (Å²) in [5.41, 5.74) is 6.05. The summed E-state index contributed by atoms with van der Waals surface area (Å²) in [5.74, 6) is -3.43. The number of rotatable bonds is 8. The first-order chi connectivity index (χ1) is 15.5. The lowest BCUT2D eigenvalue weighted by Gasteiger charge is -2.16. The van der Waals surface area contributed by atoms with E-state index in [0.717, 1.165) is 12.1 Å². The largest absolute Gasteiger partial charge is 0.573 e. The van der Waals surface area contributed by atoms with Crippen molar-refractivity contribution in [1.29, 1.82) is 0 Å². The molecule has 33 heavy (non-hydrogen) atoms. The van der Waals surface area contributed by atoms with E-state index in [1.807, 2.05) is 0 Å². The molecule has 0 saturated carbocycles. The van der Waals surface area contributed by atoms with Gasteiger partial charge >= 0.3 is 6.36 Å². The number of nitrogens with two attached hydrogens (primary N) is 1. The fourth-order valence-corrected chi connectivity index (χ4v) is 3.18. The van der Waals surface area contributed by atoms with Crippen LogP contribution in [-0.4, -0.2) is 39.8 Å². The van der Waals surface area contributed by atoms with E-state index >= 15 is 0 Å². The third-order valence-electron chi connectivity index (χ3n) is 4.56. The Bertz CT molecular complexity index is 1180. The van der Waals surface area contributed by atoms with Gasteiger partial charge in [-0.1, -0.05) is 42.5 Å². The van der Waals surface area contributed by atoms with Crippen molar-refractivity contribution in [2.24, 2.45) is 12.8 Å². The highest BCUT2D eigenvalue weighted by Crippen LogP contribution is 2.29. The van der Waals surface area contributed by atoms with Gasteiger partial charge < -0.3 is 15.8 Å². The number of benzene rings is 2. The van der Waals surface area contributed by atoms with E-state index < -0.39 is 35.8 Å². The molecule has 0 aliphatic heterocycles. The predicted octanol–water partition coefficient (Wildman–Crippen LogP) is 2.38. The summed E-state index contributed by atoms with van der Waals surface area (Å²) in [7, 11) is 1.52. The summed E-state index contributed by atoms with van der Waals surface area (Å²) < 4.78 is 42.9. The topological polar surface area (TPSA) is 116 Å². The Morgan fingerprint density at radius 1 is 1.12 bits per heavy atom. The maximum Gasteiger partial charge on any atom is 0.573 e. The normalized spacial score (nSPS) is 12.1. The monoisotopic (exact) mass is 460 g/mol. The van der Waals surface area contributed by atoms with Gasteiger partial charge in [0.2, 0.25) is 5.78 Å². The van der Waals surface area contributed by atoms with Gasteiger partial charge in [0.25, 0.3) is 11.8 Å². The number of nitrogens with one attached hydrogen (secondary N) is 1. The molecule has 1 unspecified atom stereocenters. The second-order valence-electron chi connectivity index (χ2n) is 7.08. The number of primary amides is 1. The zero-order valence-corrected chi connectivity index (χ0v) is 17.3. The van der Waals surface area contributed by atoms with Crippen molar-refractivity contribution in [2.75, 3.05) is 0 Å². The van der Waals surface area contributed by atoms with Crippen LogP contribution in [0.5, 0.6) is 5.75 Å². The minimum atomic E-state index is -4.89. The molecule has 3 N–H and O–H groups in total. The Balaban J connectivity index is 1.90. The van der Waals surface area contributed by atoms with Gasteiger partial charge in [-0.25, -0.2) is 0 Å². The first kappa shape index (κ1) is 23.5. The number of ketones is 1. The molecule has 11 heteroatoms. The molecule has 0 aliphatic rings. The Kier molecular flexibility index (Phi) is 6.80. The van der Waals surface area contributed by atoms with Crippen LogP contribution in [0.25, 0.3) is 11.3 Å². The number of nitrogens with zero attached hydrogens (tertiary/aromatic N) is 2. The summed E-state index contributed by atoms with van der Waals surface area (Å²) in [6, 6.07) is 12.4. The lowest BCUT2D eigenvalue weighted by Crippen LogP contribution is -2.47. The molecule has 2 amide bonds. The molecule has 0 spiro atoms. The smallest absolute Gasteiger partial charge is 0.406 e. The van der Waals surface area contributed by atoms with E-state index in [2.05, 4.69) is 15.2 Å². The average molecular weight is 460 g/mol. The molecule has 0 bridgehead atoms. The Morgan fingerprint density at radius 2 is 1.82 bits per heavy atom. The molecule has 1 atom stereocenters. The Labute approximate surface area is 186 Å². The van der Waals surface area contributed by atoms with Crippen LogP contribution in [0.15, 0.2) is 60.8 Å². The van der Waals surface area contributed by atoms with E-state index in [-0.39, 0.29) is 23.2 Å². The van der Waals surface area contributed by atoms with Gasteiger partial charge in [0, 0.05) is 25.2 Å². The molecule has 3 aromatic rings. The Hall–Kier alpha value is -4.15. The lowest BCUT2D eigenvalue weighted by molar-refractivity contribution is -0.274. The molecule has 1 heterocycles. The van der Waals surface area contributed by atoms with Crippen LogP contribution in [-0.2, 0) is 23.1 Å². The van der Waals surface area contributed by atoms with Gasteiger partial charge in [0.1, 0.15) is 17.5 Å². The molecule has 0 aliphatic carbocycles. The first-order valence-electron chi connectivity index (χ1n) is 9.62. The van der Waals surface area contributed by atoms with Gasteiger partial charge in [-0.15, -0.1) is 13.2 Å². The predicted molar refractivity (Wildman–Crippen MR) is 111 cm³/mol. The highest BCUT2D eigenvalue weighted by molar-refractivity contribution is 6.38. The van der Waals surface area contributed by atoms with Crippen LogP contribution in [0, 0.1) is 0 Å². The summed E-state index contributed by atoms with van der Waals surface area (Å²) in [6.45, 7) is 0. The van der Waals surface area contributed by atoms with E-state index in [4.69, 9.17) is 5.73 Å². The molecule has 8 nitrogen and oxygen atoms in total. The van der Waals surface area contributed by atoms with E-state index in [9.17, 15) is 27.6 Å². The minimum Gasteiger partial charge on any atom is -0.406 e. The van der Waals surface area contributed by atoms with Crippen molar-refractivity contribution in [3.05, 3.63) is 71.9 Å². The van der Waals surface area contributed by atoms with Crippen LogP contribution in [0.1, 0.15) is 15.9 Å². The standard InChI is InChI=1S/C22H19F3N4O4/c1-29-12-16(18(28-29)14-8-5-9-15(11-14)33-22(23,24)25)21(32)27-17(19(30)20(26)31)10-13-6-3-2-4-7-13/h2-9,11-12,17H,10H2,1H3,(H2,26,31)(H,27,32). The fraction of sp³-hybridized carbons (Fsp3) is 0.182. The third kappa shape index (κ3) is 6.19. The number of carbonyl (C=O) groups excluding carboxylic acids is 3. The number of alkyl halides is 3. The van der Waals surface area contributed by atoms with Crippen LogP contribution < -0.4 is 15.8 Å². The maximum atomic E-state index is 13.0. The average Bonchev–Trinajstić information content (AvgIpc) is 3.14. The van der Waals surface area contributed by atoms with Crippen molar-refractivity contribution < 1.29 is 32.3 Å². The fourth-order valence-electron chi connectivity index (χ4n) is 3.18. The van der Waals surface area contributed by atoms with Crippen LogP contribution in [0.4, 0.5) is 13.2 Å². The van der Waals surface area contributed by atoms with Gasteiger partial charge in [0.05, 0.1) is 5.56 Å². The van der Waals surface area contributed by atoms with E-state index in [1.165, 1.54) is 30.1 Å². The number of Topliss-reactive ketones (excluding diaryl/α,β-unsaturated/α-hetero) is 1. The van der Waals surface area contributed by atoms with Crippen molar-refractivity contribution in [3.8, 4) is 17.0 Å². The van der Waals surface area contributed by atoms with Gasteiger partial charge in [-0.3, -0.25) is 19.1 Å². The number of ether oxygens (including phenoxy) is 1. The van der Waals surface area contributed by atoms with Crippen molar-refractivity contribution >= 4 is 17.6 Å². The molecule has 1 aromatic heterocycles. The van der Waals surface area contributed by atoms with Crippen molar-refractivity contribution in [2.45, 2.75) is 18.8 Å². The zero-order valence-electron chi connectivity index (χ0n) is 17.3. The van der Waals surface area contributed by atoms with Gasteiger partial charge in [0.15, 0.2) is 0 Å². The number of halogens is 3. The molecular formula is C22H19F3N4O4. The number of aryl methyl sites for hydroxylation is 1. The van der Waals surface area contributed by atoms with Crippen molar-refractivity contribution in [3.63, 3.8) is 0 Å². The van der Waals surface area contributed by atoms with Crippen molar-refractivity contribution in [1.82, 2.24) is 15.1 Å². The summed E-state index contributed by atoms with van der Waals surface area (Å²) in [5, 5.41) is 6.64. The Morgan fingerprint density at radius 3 is 2.45 bits per heavy atom. The highest BCUT2D eigenvalue weighted by Gasteiger charge is 2.31. The minimum absolute atomic E-state index is 0.0128. The SMILES string of the molecule is Cn1cc(C(=O)NC(Cc2ccccc2)C(=O)C(N)=O)c(-c2cccc(OC(F)(F)F)c2)n1. The first-order valence-corrected chi connectivity index (χ1v) is 9.62. The molecule has 3 rings (SSSR count). The summed E-state index contributed by atoms with van der Waals surface area (Å²) in [6.07, 6.45) is -3.53. The molecule has 0 fully saturated rings. The van der Waals surface area contributed by atoms with Gasteiger partial charge in [-0.05, 0) is 17.7 Å². The highest BCUT2D eigenvalue weighted by atomic mass is 19.4.